The van der Waals surface area contributed by atoms with E-state index in [9.17, 15) is 14.5 Å². The molecule has 0 spiro atoms. The molecule has 1 N–H and O–H groups in total. The lowest BCUT2D eigenvalue weighted by molar-refractivity contribution is -0.385. The lowest BCUT2D eigenvalue weighted by Crippen LogP contribution is -2.02. The van der Waals surface area contributed by atoms with E-state index in [-0.39, 0.29) is 22.7 Å². The number of nitro groups is 1. The van der Waals surface area contributed by atoms with Crippen molar-refractivity contribution >= 4 is 23.0 Å². The molecule has 0 aliphatic rings. The number of nitrogens with zero attached hydrogens (tertiary/aromatic N) is 1. The number of nitro benzene ring substituents is 1. The van der Waals surface area contributed by atoms with Crippen LogP contribution in [-0.2, 0) is 6.42 Å². The highest BCUT2D eigenvalue weighted by atomic mass is 32.1. The predicted octanol–water partition coefficient (Wildman–Crippen LogP) is 2.16. The highest BCUT2D eigenvalue weighted by Crippen LogP contribution is 2.20. The van der Waals surface area contributed by atoms with Gasteiger partial charge in [0.15, 0.2) is 5.05 Å². The van der Waals surface area contributed by atoms with E-state index >= 15 is 0 Å². The van der Waals surface area contributed by atoms with Gasteiger partial charge in [-0.05, 0) is 24.4 Å². The van der Waals surface area contributed by atoms with Crippen LogP contribution in [0.15, 0.2) is 18.2 Å². The van der Waals surface area contributed by atoms with Crippen molar-refractivity contribution in [1.82, 2.24) is 0 Å². The van der Waals surface area contributed by atoms with Crippen LogP contribution in [0.2, 0.25) is 0 Å². The molecule has 1 aromatic rings. The fraction of sp³-hybridized carbons (Fsp3) is 0.125. The van der Waals surface area contributed by atoms with E-state index in [1.807, 2.05) is 0 Å². The maximum Gasteiger partial charge on any atom is 0.275 e. The van der Waals surface area contributed by atoms with Crippen molar-refractivity contribution in [3.8, 4) is 0 Å². The van der Waals surface area contributed by atoms with Crippen LogP contribution in [0, 0.1) is 15.9 Å². The molecule has 6 heteroatoms. The molecule has 0 aromatic heterocycles. The Morgan fingerprint density at radius 1 is 1.64 bits per heavy atom. The average Bonchev–Trinajstić information content (AvgIpc) is 2.07. The fourth-order valence-corrected chi connectivity index (χ4v) is 1.17. The molecule has 0 aliphatic carbocycles. The van der Waals surface area contributed by atoms with Gasteiger partial charge in [-0.3, -0.25) is 10.1 Å². The van der Waals surface area contributed by atoms with Crippen molar-refractivity contribution in [2.24, 2.45) is 0 Å². The van der Waals surface area contributed by atoms with Gasteiger partial charge < -0.3 is 5.11 Å². The lowest BCUT2D eigenvalue weighted by Gasteiger charge is -2.00. The molecule has 0 atom stereocenters. The minimum absolute atomic E-state index is 0.119. The second-order valence-corrected chi connectivity index (χ2v) is 3.07. The maximum absolute atomic E-state index is 12.6. The van der Waals surface area contributed by atoms with Crippen molar-refractivity contribution < 1.29 is 14.4 Å². The Morgan fingerprint density at radius 2 is 2.29 bits per heavy atom. The largest absolute Gasteiger partial charge is 0.502 e. The standard InChI is InChI=1S/C8H6FNO3S/c9-6-2-1-5(3-8(11)14)7(4-6)10(12)13/h1-2,4H,3H2,(H,11,14). The van der Waals surface area contributed by atoms with Gasteiger partial charge >= 0.3 is 0 Å². The van der Waals surface area contributed by atoms with Crippen LogP contribution >= 0.6 is 12.2 Å². The molecule has 0 saturated heterocycles. The van der Waals surface area contributed by atoms with Gasteiger partial charge in [0, 0.05) is 12.0 Å². The second-order valence-electron chi connectivity index (χ2n) is 2.60. The number of aliphatic hydroxyl groups excluding tert-OH is 1. The number of thiocarbonyl (C=S) groups is 1. The van der Waals surface area contributed by atoms with Crippen LogP contribution in [0.1, 0.15) is 5.56 Å². The minimum Gasteiger partial charge on any atom is -0.502 e. The number of hydrogen-bond acceptors (Lipinski definition) is 3. The zero-order valence-electron chi connectivity index (χ0n) is 6.94. The van der Waals surface area contributed by atoms with Gasteiger partial charge in [0.05, 0.1) is 11.0 Å². The maximum atomic E-state index is 12.6. The Kier molecular flexibility index (Phi) is 3.08. The summed E-state index contributed by atoms with van der Waals surface area (Å²) in [4.78, 5) is 9.76. The van der Waals surface area contributed by atoms with Crippen molar-refractivity contribution in [2.75, 3.05) is 0 Å². The number of benzene rings is 1. The second kappa shape index (κ2) is 4.10. The van der Waals surface area contributed by atoms with Crippen molar-refractivity contribution in [2.45, 2.75) is 6.42 Å². The van der Waals surface area contributed by atoms with Crippen LogP contribution in [-0.4, -0.2) is 15.1 Å². The summed E-state index contributed by atoms with van der Waals surface area (Å²) in [6.07, 6.45) is -0.119. The van der Waals surface area contributed by atoms with E-state index in [2.05, 4.69) is 12.2 Å². The van der Waals surface area contributed by atoms with E-state index in [1.54, 1.807) is 0 Å². The van der Waals surface area contributed by atoms with Crippen LogP contribution in [0.3, 0.4) is 0 Å². The number of halogens is 1. The first kappa shape index (κ1) is 10.5. The van der Waals surface area contributed by atoms with E-state index in [0.717, 1.165) is 12.1 Å². The fourth-order valence-electron chi connectivity index (χ4n) is 1.02. The van der Waals surface area contributed by atoms with Gasteiger partial charge in [0.2, 0.25) is 0 Å². The minimum atomic E-state index is -0.712. The summed E-state index contributed by atoms with van der Waals surface area (Å²) in [5.41, 5.74) is -0.176. The Labute approximate surface area is 84.1 Å². The van der Waals surface area contributed by atoms with E-state index < -0.39 is 10.7 Å². The third-order valence-corrected chi connectivity index (χ3v) is 1.73. The summed E-state index contributed by atoms with van der Waals surface area (Å²) in [6.45, 7) is 0. The monoisotopic (exact) mass is 215 g/mol. The summed E-state index contributed by atoms with van der Waals surface area (Å²) >= 11 is 4.40. The van der Waals surface area contributed by atoms with E-state index in [1.165, 1.54) is 6.07 Å². The summed E-state index contributed by atoms with van der Waals surface area (Å²) in [7, 11) is 0. The first-order valence-electron chi connectivity index (χ1n) is 3.65. The molecule has 1 aromatic carbocycles. The molecule has 0 unspecified atom stereocenters. The molecule has 4 nitrogen and oxygen atoms in total. The zero-order valence-corrected chi connectivity index (χ0v) is 7.75. The van der Waals surface area contributed by atoms with Crippen LogP contribution < -0.4 is 0 Å². The number of aliphatic hydroxyl groups is 1. The van der Waals surface area contributed by atoms with Crippen LogP contribution in [0.25, 0.3) is 0 Å². The predicted molar refractivity (Wildman–Crippen MR) is 52.0 cm³/mol. The Balaban J connectivity index is 3.14. The van der Waals surface area contributed by atoms with Crippen LogP contribution in [0.4, 0.5) is 10.1 Å². The van der Waals surface area contributed by atoms with E-state index in [0.29, 0.717) is 0 Å². The topological polar surface area (TPSA) is 63.4 Å². The van der Waals surface area contributed by atoms with Gasteiger partial charge in [-0.2, -0.15) is 0 Å². The van der Waals surface area contributed by atoms with E-state index in [4.69, 9.17) is 5.11 Å². The summed E-state index contributed by atoms with van der Waals surface area (Å²) in [6, 6.07) is 3.12. The Morgan fingerprint density at radius 3 is 2.79 bits per heavy atom. The molecule has 0 heterocycles. The van der Waals surface area contributed by atoms with Crippen LogP contribution in [0.5, 0.6) is 0 Å². The number of rotatable bonds is 3. The molecule has 14 heavy (non-hydrogen) atoms. The van der Waals surface area contributed by atoms with Gasteiger partial charge in [-0.15, -0.1) is 0 Å². The average molecular weight is 215 g/mol. The van der Waals surface area contributed by atoms with Gasteiger partial charge in [0.1, 0.15) is 5.82 Å². The molecule has 0 saturated carbocycles. The van der Waals surface area contributed by atoms with Crippen molar-refractivity contribution in [3.05, 3.63) is 39.7 Å². The molecular formula is C8H6FNO3S. The first-order valence-corrected chi connectivity index (χ1v) is 4.06. The third kappa shape index (κ3) is 2.46. The van der Waals surface area contributed by atoms with Crippen molar-refractivity contribution in [1.29, 1.82) is 0 Å². The molecule has 0 fully saturated rings. The highest BCUT2D eigenvalue weighted by molar-refractivity contribution is 7.80. The Bertz CT molecular complexity index is 394. The number of hydrogen-bond donors (Lipinski definition) is 1. The molecule has 1 rings (SSSR count). The lowest BCUT2D eigenvalue weighted by atomic mass is 10.1. The van der Waals surface area contributed by atoms with Gasteiger partial charge in [-0.25, -0.2) is 4.39 Å². The molecule has 74 valence electrons. The summed E-state index contributed by atoms with van der Waals surface area (Å²) in [5, 5.41) is 18.9. The zero-order chi connectivity index (χ0) is 10.7. The van der Waals surface area contributed by atoms with Crippen molar-refractivity contribution in [3.63, 3.8) is 0 Å². The smallest absolute Gasteiger partial charge is 0.275 e. The molecule has 0 radical (unpaired) electrons. The van der Waals surface area contributed by atoms with Gasteiger partial charge in [0.25, 0.3) is 5.69 Å². The molecular weight excluding hydrogens is 209 g/mol. The first-order chi connectivity index (χ1) is 6.50. The normalized spacial score (nSPS) is 9.79. The van der Waals surface area contributed by atoms with Gasteiger partial charge in [-0.1, -0.05) is 0 Å². The molecule has 0 aliphatic heterocycles. The summed E-state index contributed by atoms with van der Waals surface area (Å²) < 4.78 is 12.6. The quantitative estimate of drug-likeness (QED) is 0.476. The highest BCUT2D eigenvalue weighted by Gasteiger charge is 2.15. The molecule has 0 amide bonds. The SMILES string of the molecule is O=[N+]([O-])c1cc(F)ccc1CC(O)=S. The third-order valence-electron chi connectivity index (χ3n) is 1.59. The molecule has 0 bridgehead atoms. The summed E-state index contributed by atoms with van der Waals surface area (Å²) in [5.74, 6) is -0.690. The Hall–Kier alpha value is -1.56.